The lowest BCUT2D eigenvalue weighted by Gasteiger charge is -2.40. The number of nitrogens with zero attached hydrogens (tertiary/aromatic N) is 5. The number of piperidine rings is 2. The first kappa shape index (κ1) is 31.8. The van der Waals surface area contributed by atoms with Gasteiger partial charge in [0.2, 0.25) is 0 Å². The number of ether oxygens (including phenoxy) is 1. The summed E-state index contributed by atoms with van der Waals surface area (Å²) in [5.74, 6) is 0.205. The fourth-order valence-corrected chi connectivity index (χ4v) is 5.62. The molecule has 2 atom stereocenters. The second-order valence-electron chi connectivity index (χ2n) is 13.0. The summed E-state index contributed by atoms with van der Waals surface area (Å²) in [6.45, 7) is 11.9. The molecule has 2 aliphatic rings. The van der Waals surface area contributed by atoms with Gasteiger partial charge in [0.1, 0.15) is 11.4 Å². The summed E-state index contributed by atoms with van der Waals surface area (Å²) >= 11 is 0. The molecule has 1 aromatic heterocycles. The average molecular weight is 595 g/mol. The number of urea groups is 1. The molecule has 0 radical (unpaired) electrons. The van der Waals surface area contributed by atoms with E-state index in [1.165, 1.54) is 10.5 Å². The highest BCUT2D eigenvalue weighted by molar-refractivity contribution is 5.96. The smallest absolute Gasteiger partial charge is 0.410 e. The van der Waals surface area contributed by atoms with Crippen molar-refractivity contribution in [2.75, 3.05) is 43.9 Å². The van der Waals surface area contributed by atoms with Gasteiger partial charge in [-0.05, 0) is 76.5 Å². The minimum Gasteiger partial charge on any atom is -0.444 e. The van der Waals surface area contributed by atoms with Crippen LogP contribution in [0.5, 0.6) is 0 Å². The van der Waals surface area contributed by atoms with Gasteiger partial charge in [0.15, 0.2) is 11.5 Å². The van der Waals surface area contributed by atoms with Crippen LogP contribution >= 0.6 is 0 Å². The number of rotatable bonds is 6. The van der Waals surface area contributed by atoms with Gasteiger partial charge in [0, 0.05) is 45.5 Å². The molecule has 2 aliphatic heterocycles. The van der Waals surface area contributed by atoms with E-state index in [1.54, 1.807) is 25.2 Å². The molecule has 12 nitrogen and oxygen atoms in total. The van der Waals surface area contributed by atoms with E-state index in [0.29, 0.717) is 18.9 Å². The highest BCUT2D eigenvalue weighted by atomic mass is 16.6. The normalized spacial score (nSPS) is 20.3. The number of amides is 4. The van der Waals surface area contributed by atoms with Crippen LogP contribution in [-0.4, -0.2) is 89.2 Å². The lowest BCUT2D eigenvalue weighted by atomic mass is 9.74. The number of primary amides is 1. The highest BCUT2D eigenvalue weighted by Crippen LogP contribution is 2.36. The van der Waals surface area contributed by atoms with Crippen molar-refractivity contribution in [1.82, 2.24) is 25.1 Å². The monoisotopic (exact) mass is 594 g/mol. The first-order valence-electron chi connectivity index (χ1n) is 14.9. The number of aromatic nitrogens is 2. The van der Waals surface area contributed by atoms with Gasteiger partial charge in [-0.25, -0.2) is 19.6 Å². The molecule has 0 aliphatic carbocycles. The third-order valence-corrected chi connectivity index (χ3v) is 8.35. The number of carbonyl (C=O) groups excluding carboxylic acids is 3. The first-order valence-corrected chi connectivity index (χ1v) is 14.9. The predicted octanol–water partition coefficient (Wildman–Crippen LogP) is 4.24. The molecule has 3 heterocycles. The van der Waals surface area contributed by atoms with Gasteiger partial charge < -0.3 is 35.8 Å². The Labute approximate surface area is 254 Å². The Balaban J connectivity index is 1.47. The standard InChI is InChI=1S/C31H46N8O4/c1-20-23(35-28(41)37(6)7)9-8-16-39(20)24-19-33-25(26(32)40)27(36-24)34-22-12-10-21(11-13-22)31(5)14-17-38(18-15-31)29(42)43-30(2,3)4/h10-13,19-20,23H,8-9,14-18H2,1-7H3,(H2,32,40)(H,34,36)(H,35,41). The Hall–Kier alpha value is -4.09. The molecule has 2 saturated heterocycles. The van der Waals surface area contributed by atoms with E-state index in [1.807, 2.05) is 39.8 Å². The average Bonchev–Trinajstić information content (AvgIpc) is 2.93. The van der Waals surface area contributed by atoms with Crippen LogP contribution in [0.15, 0.2) is 30.5 Å². The van der Waals surface area contributed by atoms with Crippen molar-refractivity contribution in [1.29, 1.82) is 0 Å². The molecule has 4 rings (SSSR count). The summed E-state index contributed by atoms with van der Waals surface area (Å²) < 4.78 is 5.55. The summed E-state index contributed by atoms with van der Waals surface area (Å²) in [5, 5.41) is 6.33. The summed E-state index contributed by atoms with van der Waals surface area (Å²) in [6, 6.07) is 7.83. The molecule has 0 saturated carbocycles. The van der Waals surface area contributed by atoms with Crippen LogP contribution in [0, 0.1) is 0 Å². The Morgan fingerprint density at radius 1 is 1.09 bits per heavy atom. The lowest BCUT2D eigenvalue weighted by molar-refractivity contribution is 0.0171. The number of hydrogen-bond donors (Lipinski definition) is 3. The van der Waals surface area contributed by atoms with Gasteiger partial charge in [0.05, 0.1) is 12.2 Å². The van der Waals surface area contributed by atoms with Gasteiger partial charge in [-0.2, -0.15) is 0 Å². The number of nitrogens with one attached hydrogen (secondary N) is 2. The van der Waals surface area contributed by atoms with E-state index in [-0.39, 0.29) is 41.1 Å². The maximum atomic E-state index is 12.5. The first-order chi connectivity index (χ1) is 20.2. The van der Waals surface area contributed by atoms with Gasteiger partial charge >= 0.3 is 12.1 Å². The number of likely N-dealkylation sites (tertiary alicyclic amines) is 1. The second kappa shape index (κ2) is 12.6. The summed E-state index contributed by atoms with van der Waals surface area (Å²) in [7, 11) is 3.43. The van der Waals surface area contributed by atoms with Gasteiger partial charge in [-0.3, -0.25) is 4.79 Å². The SMILES string of the molecule is CC1C(NC(=O)N(C)C)CCCN1c1cnc(C(N)=O)c(Nc2ccc(C3(C)CCN(C(=O)OC(C)(C)C)CC3)cc2)n1. The number of carbonyl (C=O) groups is 3. The third-order valence-electron chi connectivity index (χ3n) is 8.35. The van der Waals surface area contributed by atoms with Crippen LogP contribution < -0.4 is 21.3 Å². The second-order valence-corrected chi connectivity index (χ2v) is 13.0. The number of benzene rings is 1. The van der Waals surface area contributed by atoms with Gasteiger partial charge in [0.25, 0.3) is 5.91 Å². The zero-order valence-corrected chi connectivity index (χ0v) is 26.4. The molecule has 0 spiro atoms. The Morgan fingerprint density at radius 3 is 2.33 bits per heavy atom. The minimum atomic E-state index is -0.676. The molecule has 1 aromatic carbocycles. The van der Waals surface area contributed by atoms with Crippen LogP contribution in [0.3, 0.4) is 0 Å². The Bertz CT molecular complexity index is 1320. The van der Waals surface area contributed by atoms with E-state index in [4.69, 9.17) is 15.5 Å². The molecular formula is C31H46N8O4. The van der Waals surface area contributed by atoms with Crippen molar-refractivity contribution in [3.63, 3.8) is 0 Å². The van der Waals surface area contributed by atoms with Crippen LogP contribution in [0.2, 0.25) is 0 Å². The zero-order chi connectivity index (χ0) is 31.5. The van der Waals surface area contributed by atoms with Crippen LogP contribution in [-0.2, 0) is 10.2 Å². The number of anilines is 3. The molecule has 234 valence electrons. The molecule has 2 aromatic rings. The fourth-order valence-electron chi connectivity index (χ4n) is 5.62. The predicted molar refractivity (Wildman–Crippen MR) is 167 cm³/mol. The Kier molecular flexibility index (Phi) is 9.36. The third kappa shape index (κ3) is 7.66. The molecule has 4 N–H and O–H groups in total. The number of nitrogens with two attached hydrogens (primary N) is 1. The lowest BCUT2D eigenvalue weighted by Crippen LogP contribution is -2.56. The van der Waals surface area contributed by atoms with Crippen molar-refractivity contribution < 1.29 is 19.1 Å². The summed E-state index contributed by atoms with van der Waals surface area (Å²) in [5.41, 5.74) is 7.02. The van der Waals surface area contributed by atoms with Crippen LogP contribution in [0.1, 0.15) is 76.4 Å². The molecule has 4 amide bonds. The molecule has 2 unspecified atom stereocenters. The van der Waals surface area contributed by atoms with Crippen LogP contribution in [0.4, 0.5) is 26.9 Å². The van der Waals surface area contributed by atoms with E-state index in [2.05, 4.69) is 39.6 Å². The molecule has 0 bridgehead atoms. The molecule has 12 heteroatoms. The van der Waals surface area contributed by atoms with Gasteiger partial charge in [-0.15, -0.1) is 0 Å². The van der Waals surface area contributed by atoms with Crippen molar-refractivity contribution in [3.8, 4) is 0 Å². The van der Waals surface area contributed by atoms with E-state index in [9.17, 15) is 14.4 Å². The fraction of sp³-hybridized carbons (Fsp3) is 0.581. The topological polar surface area (TPSA) is 146 Å². The molecule has 43 heavy (non-hydrogen) atoms. The Morgan fingerprint density at radius 2 is 1.74 bits per heavy atom. The van der Waals surface area contributed by atoms with Crippen molar-refractivity contribution in [2.45, 2.75) is 83.4 Å². The van der Waals surface area contributed by atoms with Crippen molar-refractivity contribution >= 4 is 35.4 Å². The number of hydrogen-bond acceptors (Lipinski definition) is 8. The minimum absolute atomic E-state index is 0.0269. The van der Waals surface area contributed by atoms with Crippen LogP contribution in [0.25, 0.3) is 0 Å². The summed E-state index contributed by atoms with van der Waals surface area (Å²) in [6.07, 6.45) is 4.67. The van der Waals surface area contributed by atoms with Crippen molar-refractivity contribution in [2.24, 2.45) is 5.73 Å². The molecule has 2 fully saturated rings. The highest BCUT2D eigenvalue weighted by Gasteiger charge is 2.35. The molecular weight excluding hydrogens is 548 g/mol. The maximum Gasteiger partial charge on any atom is 0.410 e. The quantitative estimate of drug-likeness (QED) is 0.450. The van der Waals surface area contributed by atoms with E-state index in [0.717, 1.165) is 37.9 Å². The largest absolute Gasteiger partial charge is 0.444 e. The zero-order valence-electron chi connectivity index (χ0n) is 26.4. The van der Waals surface area contributed by atoms with Crippen molar-refractivity contribution in [3.05, 3.63) is 41.7 Å². The van der Waals surface area contributed by atoms with Gasteiger partial charge in [-0.1, -0.05) is 19.1 Å². The maximum absolute atomic E-state index is 12.5. The summed E-state index contributed by atoms with van der Waals surface area (Å²) in [4.78, 5) is 51.6. The van der Waals surface area contributed by atoms with E-state index >= 15 is 0 Å². The van der Waals surface area contributed by atoms with E-state index < -0.39 is 11.5 Å².